The molecule has 2 heterocycles. The fraction of sp³-hybridized carbons (Fsp3) is 0.667. The van der Waals surface area contributed by atoms with E-state index in [0.717, 1.165) is 38.9 Å². The molecule has 1 aliphatic carbocycles. The smallest absolute Gasteiger partial charge is 0.323 e. The molecule has 3 rings (SSSR count). The summed E-state index contributed by atoms with van der Waals surface area (Å²) in [4.78, 5) is 27.8. The molecule has 1 spiro atoms. The lowest BCUT2D eigenvalue weighted by Crippen LogP contribution is -2.57. The monoisotopic (exact) mass is 251 g/mol. The standard InChI is InChI=1S/C12H17N3O3/c16-10(8-7-13-11(17)14-8)15-9-1-2-12(9)3-5-18-6-4-12/h7,9H,1-6H2,(H,15,16)(H2,13,14,17)/t9-/m0/s1. The topological polar surface area (TPSA) is 87.0 Å². The Labute approximate surface area is 104 Å². The molecule has 1 atom stereocenters. The molecule has 6 heteroatoms. The molecule has 3 N–H and O–H groups in total. The molecule has 1 aliphatic heterocycles. The highest BCUT2D eigenvalue weighted by Crippen LogP contribution is 2.48. The summed E-state index contributed by atoms with van der Waals surface area (Å²) >= 11 is 0. The van der Waals surface area contributed by atoms with Gasteiger partial charge in [0.1, 0.15) is 5.69 Å². The van der Waals surface area contributed by atoms with Gasteiger partial charge in [0, 0.05) is 25.5 Å². The Bertz CT molecular complexity index is 499. The first-order chi connectivity index (χ1) is 8.70. The van der Waals surface area contributed by atoms with Gasteiger partial charge in [-0.15, -0.1) is 0 Å². The zero-order chi connectivity index (χ0) is 12.6. The normalized spacial score (nSPS) is 25.7. The molecule has 0 bridgehead atoms. The van der Waals surface area contributed by atoms with Gasteiger partial charge < -0.3 is 20.0 Å². The van der Waals surface area contributed by atoms with Gasteiger partial charge in [-0.1, -0.05) is 0 Å². The van der Waals surface area contributed by atoms with E-state index in [-0.39, 0.29) is 23.1 Å². The maximum Gasteiger partial charge on any atom is 0.323 e. The molecule has 0 aromatic carbocycles. The van der Waals surface area contributed by atoms with Crippen LogP contribution in [0.4, 0.5) is 0 Å². The number of rotatable bonds is 2. The van der Waals surface area contributed by atoms with E-state index in [9.17, 15) is 9.59 Å². The predicted molar refractivity (Wildman–Crippen MR) is 64.4 cm³/mol. The van der Waals surface area contributed by atoms with Crippen LogP contribution in [0.15, 0.2) is 11.0 Å². The van der Waals surface area contributed by atoms with Crippen LogP contribution in [0.25, 0.3) is 0 Å². The molecule has 98 valence electrons. The van der Waals surface area contributed by atoms with Crippen LogP contribution in [0.3, 0.4) is 0 Å². The molecule has 1 aromatic rings. The van der Waals surface area contributed by atoms with Gasteiger partial charge in [0.15, 0.2) is 0 Å². The summed E-state index contributed by atoms with van der Waals surface area (Å²) in [5.41, 5.74) is 0.175. The van der Waals surface area contributed by atoms with Crippen LogP contribution in [0.1, 0.15) is 36.2 Å². The lowest BCUT2D eigenvalue weighted by molar-refractivity contribution is -0.0523. The fourth-order valence-electron chi connectivity index (χ4n) is 2.99. The molecule has 18 heavy (non-hydrogen) atoms. The van der Waals surface area contributed by atoms with Gasteiger partial charge in [-0.3, -0.25) is 4.79 Å². The van der Waals surface area contributed by atoms with Crippen molar-refractivity contribution in [3.8, 4) is 0 Å². The Kier molecular flexibility index (Phi) is 2.74. The highest BCUT2D eigenvalue weighted by atomic mass is 16.5. The quantitative estimate of drug-likeness (QED) is 0.710. The molecule has 1 saturated carbocycles. The van der Waals surface area contributed by atoms with Crippen molar-refractivity contribution < 1.29 is 9.53 Å². The lowest BCUT2D eigenvalue weighted by Gasteiger charge is -2.52. The number of ether oxygens (including phenoxy) is 1. The Hall–Kier alpha value is -1.56. The van der Waals surface area contributed by atoms with Gasteiger partial charge in [-0.2, -0.15) is 0 Å². The molecule has 1 amide bonds. The van der Waals surface area contributed by atoms with Crippen molar-refractivity contribution in [2.75, 3.05) is 13.2 Å². The van der Waals surface area contributed by atoms with E-state index >= 15 is 0 Å². The van der Waals surface area contributed by atoms with Gasteiger partial charge in [-0.05, 0) is 31.1 Å². The molecule has 0 unspecified atom stereocenters. The Morgan fingerprint density at radius 2 is 2.17 bits per heavy atom. The Morgan fingerprint density at radius 1 is 1.39 bits per heavy atom. The average molecular weight is 251 g/mol. The van der Waals surface area contributed by atoms with E-state index in [0.29, 0.717) is 5.69 Å². The fourth-order valence-corrected chi connectivity index (χ4v) is 2.99. The minimum absolute atomic E-state index is 0.205. The minimum atomic E-state index is -0.352. The summed E-state index contributed by atoms with van der Waals surface area (Å²) in [5.74, 6) is -0.205. The third kappa shape index (κ3) is 1.86. The molecule has 2 fully saturated rings. The van der Waals surface area contributed by atoms with Crippen molar-refractivity contribution in [3.05, 3.63) is 22.4 Å². The van der Waals surface area contributed by atoms with Gasteiger partial charge >= 0.3 is 5.69 Å². The number of amides is 1. The number of aromatic nitrogens is 2. The molecule has 0 radical (unpaired) electrons. The van der Waals surface area contributed by atoms with Gasteiger partial charge in [0.25, 0.3) is 5.91 Å². The van der Waals surface area contributed by atoms with Crippen LogP contribution in [0, 0.1) is 5.41 Å². The highest BCUT2D eigenvalue weighted by molar-refractivity contribution is 5.92. The van der Waals surface area contributed by atoms with Crippen molar-refractivity contribution >= 4 is 5.91 Å². The molecule has 6 nitrogen and oxygen atoms in total. The van der Waals surface area contributed by atoms with Crippen LogP contribution in [-0.4, -0.2) is 35.1 Å². The Morgan fingerprint density at radius 3 is 2.72 bits per heavy atom. The van der Waals surface area contributed by atoms with Crippen LogP contribution in [0.5, 0.6) is 0 Å². The van der Waals surface area contributed by atoms with E-state index in [1.807, 2.05) is 0 Å². The van der Waals surface area contributed by atoms with E-state index in [4.69, 9.17) is 4.74 Å². The van der Waals surface area contributed by atoms with Crippen molar-refractivity contribution in [2.24, 2.45) is 5.41 Å². The van der Waals surface area contributed by atoms with E-state index in [1.165, 1.54) is 6.20 Å². The number of aromatic amines is 2. The number of imidazole rings is 1. The summed E-state index contributed by atoms with van der Waals surface area (Å²) in [7, 11) is 0. The SMILES string of the molecule is O=C(N[C@H]1CCC12CCOCC2)c1c[nH]c(=O)[nH]1. The lowest BCUT2D eigenvalue weighted by atomic mass is 9.60. The van der Waals surface area contributed by atoms with Gasteiger partial charge in [0.2, 0.25) is 0 Å². The zero-order valence-corrected chi connectivity index (χ0v) is 10.1. The zero-order valence-electron chi connectivity index (χ0n) is 10.1. The van der Waals surface area contributed by atoms with E-state index < -0.39 is 0 Å². The largest absolute Gasteiger partial charge is 0.381 e. The first-order valence-corrected chi connectivity index (χ1v) is 6.36. The number of carbonyl (C=O) groups excluding carboxylic acids is 1. The van der Waals surface area contributed by atoms with Crippen molar-refractivity contribution in [1.29, 1.82) is 0 Å². The second-order valence-electron chi connectivity index (χ2n) is 5.20. The third-order valence-electron chi connectivity index (χ3n) is 4.30. The number of hydrogen-bond donors (Lipinski definition) is 3. The molecule has 1 aromatic heterocycles. The number of hydrogen-bond acceptors (Lipinski definition) is 3. The summed E-state index contributed by atoms with van der Waals surface area (Å²) in [6, 6.07) is 0.215. The predicted octanol–water partition coefficient (Wildman–Crippen LogP) is 0.392. The Balaban J connectivity index is 1.66. The van der Waals surface area contributed by atoms with Gasteiger partial charge in [0.05, 0.1) is 0 Å². The van der Waals surface area contributed by atoms with E-state index in [2.05, 4.69) is 15.3 Å². The molecular formula is C12H17N3O3. The van der Waals surface area contributed by atoms with Gasteiger partial charge in [-0.25, -0.2) is 4.79 Å². The summed E-state index contributed by atoms with van der Waals surface area (Å²) in [6.07, 6.45) is 5.61. The van der Waals surface area contributed by atoms with E-state index in [1.54, 1.807) is 0 Å². The molecular weight excluding hydrogens is 234 g/mol. The summed E-state index contributed by atoms with van der Waals surface area (Å²) in [6.45, 7) is 1.57. The highest BCUT2D eigenvalue weighted by Gasteiger charge is 2.48. The maximum atomic E-state index is 12.0. The number of H-pyrrole nitrogens is 2. The first kappa shape index (κ1) is 11.5. The summed E-state index contributed by atoms with van der Waals surface area (Å²) in [5, 5.41) is 3.02. The second-order valence-corrected chi connectivity index (χ2v) is 5.20. The van der Waals surface area contributed by atoms with Crippen LogP contribution >= 0.6 is 0 Å². The van der Waals surface area contributed by atoms with Crippen molar-refractivity contribution in [2.45, 2.75) is 31.7 Å². The third-order valence-corrected chi connectivity index (χ3v) is 4.30. The molecule has 1 saturated heterocycles. The average Bonchev–Trinajstić information content (AvgIpc) is 2.82. The van der Waals surface area contributed by atoms with Crippen molar-refractivity contribution in [3.63, 3.8) is 0 Å². The number of carbonyl (C=O) groups is 1. The maximum absolute atomic E-state index is 12.0. The van der Waals surface area contributed by atoms with Crippen LogP contribution < -0.4 is 11.0 Å². The van der Waals surface area contributed by atoms with Crippen molar-refractivity contribution in [1.82, 2.24) is 15.3 Å². The second kappa shape index (κ2) is 4.28. The first-order valence-electron chi connectivity index (χ1n) is 6.36. The minimum Gasteiger partial charge on any atom is -0.381 e. The number of nitrogens with one attached hydrogen (secondary N) is 3. The molecule has 2 aliphatic rings. The van der Waals surface area contributed by atoms with Crippen LogP contribution in [0.2, 0.25) is 0 Å². The summed E-state index contributed by atoms with van der Waals surface area (Å²) < 4.78 is 5.38. The van der Waals surface area contributed by atoms with Crippen LogP contribution in [-0.2, 0) is 4.74 Å².